The summed E-state index contributed by atoms with van der Waals surface area (Å²) in [4.78, 5) is 14.9. The molecule has 1 aromatic heterocycles. The number of halogens is 1. The Labute approximate surface area is 144 Å². The van der Waals surface area contributed by atoms with Gasteiger partial charge in [-0.25, -0.2) is 17.9 Å². The number of carbonyl (C=O) groups is 1. The zero-order valence-electron chi connectivity index (χ0n) is 12.8. The molecule has 0 saturated carbocycles. The molecule has 2 aromatic rings. The van der Waals surface area contributed by atoms with Crippen molar-refractivity contribution in [2.45, 2.75) is 23.2 Å². The summed E-state index contributed by atoms with van der Waals surface area (Å²) >= 11 is 1.06. The monoisotopic (exact) mass is 368 g/mol. The lowest BCUT2D eigenvalue weighted by Gasteiger charge is -2.28. The Balaban J connectivity index is 1.84. The number of sulfonamides is 1. The first kappa shape index (κ1) is 17.1. The van der Waals surface area contributed by atoms with Crippen LogP contribution in [0.1, 0.15) is 23.2 Å². The fourth-order valence-corrected chi connectivity index (χ4v) is 4.39. The molecule has 0 aliphatic carbocycles. The number of amides is 1. The smallest absolute Gasteiger partial charge is 0.253 e. The molecule has 1 fully saturated rings. The molecule has 24 heavy (non-hydrogen) atoms. The minimum Gasteiger partial charge on any atom is -0.338 e. The number of hydrogen-bond donors (Lipinski definition) is 1. The molecule has 1 aromatic carbocycles. The molecule has 8 heteroatoms. The lowest BCUT2D eigenvalue weighted by atomic mass is 10.1. The third-order valence-electron chi connectivity index (χ3n) is 3.97. The van der Waals surface area contributed by atoms with Crippen LogP contribution in [0.5, 0.6) is 0 Å². The molecule has 1 saturated heterocycles. The van der Waals surface area contributed by atoms with Gasteiger partial charge in [-0.3, -0.25) is 4.79 Å². The Kier molecular flexibility index (Phi) is 4.71. The van der Waals surface area contributed by atoms with E-state index in [0.717, 1.165) is 21.8 Å². The van der Waals surface area contributed by atoms with Crippen molar-refractivity contribution in [3.05, 3.63) is 42.0 Å². The summed E-state index contributed by atoms with van der Waals surface area (Å²) in [5, 5.41) is 5.13. The van der Waals surface area contributed by atoms with Gasteiger partial charge in [0.15, 0.2) is 0 Å². The van der Waals surface area contributed by atoms with E-state index in [4.69, 9.17) is 5.14 Å². The van der Waals surface area contributed by atoms with Gasteiger partial charge in [-0.15, -0.1) is 11.3 Å². The molecule has 5 nitrogen and oxygen atoms in total. The van der Waals surface area contributed by atoms with Crippen molar-refractivity contribution in [3.63, 3.8) is 0 Å². The molecule has 2 heterocycles. The van der Waals surface area contributed by atoms with E-state index in [-0.39, 0.29) is 10.1 Å². The van der Waals surface area contributed by atoms with Crippen molar-refractivity contribution in [2.24, 2.45) is 5.14 Å². The summed E-state index contributed by atoms with van der Waals surface area (Å²) in [5.41, 5.74) is 1.26. The number of primary sulfonamides is 1. The average molecular weight is 368 g/mol. The van der Waals surface area contributed by atoms with E-state index in [1.54, 1.807) is 29.2 Å². The van der Waals surface area contributed by atoms with Crippen LogP contribution in [0.15, 0.2) is 40.6 Å². The Morgan fingerprint density at radius 1 is 1.21 bits per heavy atom. The molecule has 2 N–H and O–H groups in total. The van der Waals surface area contributed by atoms with Gasteiger partial charge in [0.1, 0.15) is 10.4 Å². The summed E-state index contributed by atoms with van der Waals surface area (Å²) < 4.78 is 36.1. The van der Waals surface area contributed by atoms with Gasteiger partial charge in [-0.2, -0.15) is 0 Å². The highest BCUT2D eigenvalue weighted by molar-refractivity contribution is 7.91. The van der Waals surface area contributed by atoms with Crippen molar-refractivity contribution >= 4 is 27.3 Å². The first-order valence-corrected chi connectivity index (χ1v) is 9.87. The second kappa shape index (κ2) is 6.62. The number of benzene rings is 1. The Hall–Kier alpha value is -1.77. The molecular weight excluding hydrogens is 351 g/mol. The zero-order chi connectivity index (χ0) is 17.3. The summed E-state index contributed by atoms with van der Waals surface area (Å²) in [7, 11) is -3.73. The standard InChI is InChI=1S/C16H17FN2O3S2/c17-13-6-8-19(9-7-13)16(20)12-3-1-2-11(10-12)14-4-5-15(23-14)24(18,21)22/h1-5,10,13H,6-9H2,(H2,18,21,22). The maximum atomic E-state index is 13.2. The van der Waals surface area contributed by atoms with Crippen molar-refractivity contribution in [2.75, 3.05) is 13.1 Å². The number of nitrogens with zero attached hydrogens (tertiary/aromatic N) is 1. The highest BCUT2D eigenvalue weighted by atomic mass is 32.2. The Bertz CT molecular complexity index is 856. The fourth-order valence-electron chi connectivity index (χ4n) is 2.67. The predicted molar refractivity (Wildman–Crippen MR) is 91.2 cm³/mol. The molecular formula is C16H17FN2O3S2. The van der Waals surface area contributed by atoms with E-state index >= 15 is 0 Å². The van der Waals surface area contributed by atoms with Crippen LogP contribution >= 0.6 is 11.3 Å². The maximum Gasteiger partial charge on any atom is 0.253 e. The van der Waals surface area contributed by atoms with Crippen molar-refractivity contribution in [1.82, 2.24) is 4.90 Å². The van der Waals surface area contributed by atoms with Gasteiger partial charge in [0.05, 0.1) is 0 Å². The number of rotatable bonds is 3. The molecule has 0 spiro atoms. The van der Waals surface area contributed by atoms with Gasteiger partial charge in [-0.05, 0) is 42.7 Å². The minimum absolute atomic E-state index is 0.0826. The van der Waals surface area contributed by atoms with Gasteiger partial charge in [0, 0.05) is 23.5 Å². The number of thiophene rings is 1. The van der Waals surface area contributed by atoms with Crippen molar-refractivity contribution in [3.8, 4) is 10.4 Å². The number of hydrogen-bond acceptors (Lipinski definition) is 4. The average Bonchev–Trinajstić information content (AvgIpc) is 3.05. The molecule has 0 radical (unpaired) electrons. The van der Waals surface area contributed by atoms with Crippen LogP contribution < -0.4 is 5.14 Å². The molecule has 0 bridgehead atoms. The fraction of sp³-hybridized carbons (Fsp3) is 0.312. The van der Waals surface area contributed by atoms with E-state index in [9.17, 15) is 17.6 Å². The van der Waals surface area contributed by atoms with E-state index in [1.807, 2.05) is 6.07 Å². The largest absolute Gasteiger partial charge is 0.338 e. The predicted octanol–water partition coefficient (Wildman–Crippen LogP) is 2.64. The number of piperidine rings is 1. The van der Waals surface area contributed by atoms with Crippen LogP contribution in [0.4, 0.5) is 4.39 Å². The zero-order valence-corrected chi connectivity index (χ0v) is 14.4. The highest BCUT2D eigenvalue weighted by Gasteiger charge is 2.23. The second-order valence-corrected chi connectivity index (χ2v) is 8.58. The van der Waals surface area contributed by atoms with E-state index in [2.05, 4.69) is 0 Å². The van der Waals surface area contributed by atoms with E-state index < -0.39 is 16.2 Å². The van der Waals surface area contributed by atoms with Gasteiger partial charge < -0.3 is 4.90 Å². The summed E-state index contributed by atoms with van der Waals surface area (Å²) in [6.07, 6.45) is -0.0922. The van der Waals surface area contributed by atoms with Gasteiger partial charge in [-0.1, -0.05) is 12.1 Å². The number of likely N-dealkylation sites (tertiary alicyclic amines) is 1. The molecule has 0 atom stereocenters. The first-order valence-electron chi connectivity index (χ1n) is 7.51. The molecule has 3 rings (SSSR count). The normalized spacial score (nSPS) is 16.3. The lowest BCUT2D eigenvalue weighted by molar-refractivity contribution is 0.0667. The van der Waals surface area contributed by atoms with Crippen molar-refractivity contribution < 1.29 is 17.6 Å². The molecule has 1 aliphatic rings. The molecule has 0 unspecified atom stereocenters. The summed E-state index contributed by atoms with van der Waals surface area (Å²) in [5.74, 6) is -0.132. The summed E-state index contributed by atoms with van der Waals surface area (Å²) in [6, 6.07) is 10.1. The SMILES string of the molecule is NS(=O)(=O)c1ccc(-c2cccc(C(=O)N3CCC(F)CC3)c2)s1. The maximum absolute atomic E-state index is 13.2. The summed E-state index contributed by atoms with van der Waals surface area (Å²) in [6.45, 7) is 0.831. The van der Waals surface area contributed by atoms with Gasteiger partial charge in [0.25, 0.3) is 5.91 Å². The van der Waals surface area contributed by atoms with Crippen LogP contribution in [0, 0.1) is 0 Å². The third kappa shape index (κ3) is 3.66. The number of alkyl halides is 1. The topological polar surface area (TPSA) is 80.5 Å². The van der Waals surface area contributed by atoms with Crippen molar-refractivity contribution in [1.29, 1.82) is 0 Å². The third-order valence-corrected chi connectivity index (χ3v) is 6.54. The molecule has 128 valence electrons. The van der Waals surface area contributed by atoms with Crippen LogP contribution in [-0.2, 0) is 10.0 Å². The van der Waals surface area contributed by atoms with Gasteiger partial charge >= 0.3 is 0 Å². The molecule has 1 amide bonds. The Morgan fingerprint density at radius 3 is 2.54 bits per heavy atom. The lowest BCUT2D eigenvalue weighted by Crippen LogP contribution is -2.39. The van der Waals surface area contributed by atoms with E-state index in [0.29, 0.717) is 31.5 Å². The molecule has 1 aliphatic heterocycles. The number of carbonyl (C=O) groups excluding carboxylic acids is 1. The first-order chi connectivity index (χ1) is 11.3. The van der Waals surface area contributed by atoms with Crippen LogP contribution in [0.3, 0.4) is 0 Å². The van der Waals surface area contributed by atoms with E-state index in [1.165, 1.54) is 6.07 Å². The van der Waals surface area contributed by atoms with Crippen LogP contribution in [0.2, 0.25) is 0 Å². The van der Waals surface area contributed by atoms with Gasteiger partial charge in [0.2, 0.25) is 10.0 Å². The van der Waals surface area contributed by atoms with Crippen LogP contribution in [-0.4, -0.2) is 38.5 Å². The van der Waals surface area contributed by atoms with Crippen LogP contribution in [0.25, 0.3) is 10.4 Å². The Morgan fingerprint density at radius 2 is 1.92 bits per heavy atom. The minimum atomic E-state index is -3.73. The number of nitrogens with two attached hydrogens (primary N) is 1. The quantitative estimate of drug-likeness (QED) is 0.904. The second-order valence-electron chi connectivity index (χ2n) is 5.71. The highest BCUT2D eigenvalue weighted by Crippen LogP contribution is 2.31.